The standard InChI is InChI=1S/C17H26N2O.ClH/c1-6-19(12(2)3)8-7-14-11-18-17-13(4)9-15(20-5)10-16(14)17;/h9-12,18H,6-8H2,1-5H3;1H. The molecule has 0 aliphatic carbocycles. The number of halogens is 1. The first-order valence-corrected chi connectivity index (χ1v) is 7.45. The highest BCUT2D eigenvalue weighted by Crippen LogP contribution is 2.27. The largest absolute Gasteiger partial charge is 0.497 e. The van der Waals surface area contributed by atoms with Crippen LogP contribution in [0.4, 0.5) is 0 Å². The van der Waals surface area contributed by atoms with Crippen LogP contribution in [-0.4, -0.2) is 36.1 Å². The molecule has 1 N–H and O–H groups in total. The van der Waals surface area contributed by atoms with Crippen molar-refractivity contribution < 1.29 is 4.74 Å². The fourth-order valence-corrected chi connectivity index (χ4v) is 2.81. The third-order valence-electron chi connectivity index (χ3n) is 4.09. The van der Waals surface area contributed by atoms with Crippen molar-refractivity contribution in [3.05, 3.63) is 29.5 Å². The molecule has 2 rings (SSSR count). The van der Waals surface area contributed by atoms with E-state index in [0.717, 1.165) is 25.3 Å². The number of nitrogens with zero attached hydrogens (tertiary/aromatic N) is 1. The highest BCUT2D eigenvalue weighted by atomic mass is 35.5. The Balaban J connectivity index is 0.00000220. The van der Waals surface area contributed by atoms with E-state index in [2.05, 4.69) is 55.9 Å². The smallest absolute Gasteiger partial charge is 0.119 e. The van der Waals surface area contributed by atoms with Crippen molar-refractivity contribution in [1.82, 2.24) is 9.88 Å². The third kappa shape index (κ3) is 3.92. The van der Waals surface area contributed by atoms with Gasteiger partial charge in [-0.3, -0.25) is 0 Å². The predicted octanol–water partition coefficient (Wildman–Crippen LogP) is 4.18. The summed E-state index contributed by atoms with van der Waals surface area (Å²) in [7, 11) is 1.73. The minimum atomic E-state index is 0. The maximum atomic E-state index is 5.39. The van der Waals surface area contributed by atoms with Gasteiger partial charge in [-0.25, -0.2) is 0 Å². The summed E-state index contributed by atoms with van der Waals surface area (Å²) in [6, 6.07) is 4.82. The molecular weight excluding hydrogens is 284 g/mol. The van der Waals surface area contributed by atoms with Crippen molar-refractivity contribution in [2.24, 2.45) is 0 Å². The fourth-order valence-electron chi connectivity index (χ4n) is 2.81. The van der Waals surface area contributed by atoms with E-state index in [-0.39, 0.29) is 12.4 Å². The highest BCUT2D eigenvalue weighted by Gasteiger charge is 2.11. The number of H-pyrrole nitrogens is 1. The lowest BCUT2D eigenvalue weighted by Gasteiger charge is -2.24. The first kappa shape index (κ1) is 17.9. The molecule has 0 spiro atoms. The van der Waals surface area contributed by atoms with Crippen molar-refractivity contribution >= 4 is 23.3 Å². The second-order valence-electron chi connectivity index (χ2n) is 5.65. The summed E-state index contributed by atoms with van der Waals surface area (Å²) in [5, 5.41) is 1.29. The minimum Gasteiger partial charge on any atom is -0.497 e. The summed E-state index contributed by atoms with van der Waals surface area (Å²) < 4.78 is 5.39. The van der Waals surface area contributed by atoms with E-state index < -0.39 is 0 Å². The summed E-state index contributed by atoms with van der Waals surface area (Å²) >= 11 is 0. The summed E-state index contributed by atoms with van der Waals surface area (Å²) in [6.07, 6.45) is 3.21. The van der Waals surface area contributed by atoms with Crippen LogP contribution in [0.25, 0.3) is 10.9 Å². The second kappa shape index (κ2) is 7.71. The Morgan fingerprint density at radius 2 is 2.00 bits per heavy atom. The number of benzene rings is 1. The third-order valence-corrected chi connectivity index (χ3v) is 4.09. The first-order valence-electron chi connectivity index (χ1n) is 7.45. The Labute approximate surface area is 134 Å². The molecule has 0 aliphatic heterocycles. The Morgan fingerprint density at radius 3 is 2.57 bits per heavy atom. The molecule has 21 heavy (non-hydrogen) atoms. The Morgan fingerprint density at radius 1 is 1.29 bits per heavy atom. The summed E-state index contributed by atoms with van der Waals surface area (Å²) in [5.74, 6) is 0.937. The number of fused-ring (bicyclic) bond motifs is 1. The van der Waals surface area contributed by atoms with Gasteiger partial charge in [0.05, 0.1) is 7.11 Å². The number of hydrogen-bond donors (Lipinski definition) is 1. The van der Waals surface area contributed by atoms with Gasteiger partial charge >= 0.3 is 0 Å². The van der Waals surface area contributed by atoms with Gasteiger partial charge in [0, 0.05) is 29.7 Å². The van der Waals surface area contributed by atoms with Gasteiger partial charge in [0.15, 0.2) is 0 Å². The maximum Gasteiger partial charge on any atom is 0.119 e. The van der Waals surface area contributed by atoms with Crippen LogP contribution in [0, 0.1) is 6.92 Å². The van der Waals surface area contributed by atoms with Crippen molar-refractivity contribution in [1.29, 1.82) is 0 Å². The van der Waals surface area contributed by atoms with Crippen molar-refractivity contribution in [2.45, 2.75) is 40.2 Å². The van der Waals surface area contributed by atoms with Crippen LogP contribution in [0.15, 0.2) is 18.3 Å². The van der Waals surface area contributed by atoms with Crippen molar-refractivity contribution in [3.63, 3.8) is 0 Å². The molecule has 2 aromatic rings. The van der Waals surface area contributed by atoms with Crippen molar-refractivity contribution in [2.75, 3.05) is 20.2 Å². The lowest BCUT2D eigenvalue weighted by atomic mass is 10.1. The Bertz CT molecular complexity index is 577. The molecule has 118 valence electrons. The fraction of sp³-hybridized carbons (Fsp3) is 0.529. The average Bonchev–Trinajstić information content (AvgIpc) is 2.82. The van der Waals surface area contributed by atoms with Gasteiger partial charge in [0.2, 0.25) is 0 Å². The second-order valence-corrected chi connectivity index (χ2v) is 5.65. The summed E-state index contributed by atoms with van der Waals surface area (Å²) in [6.45, 7) is 11.1. The van der Waals surface area contributed by atoms with Gasteiger partial charge < -0.3 is 14.6 Å². The number of ether oxygens (including phenoxy) is 1. The van der Waals surface area contributed by atoms with Gasteiger partial charge in [-0.15, -0.1) is 12.4 Å². The first-order chi connectivity index (χ1) is 9.56. The van der Waals surface area contributed by atoms with Gasteiger partial charge in [-0.2, -0.15) is 0 Å². The average molecular weight is 311 g/mol. The molecule has 3 nitrogen and oxygen atoms in total. The van der Waals surface area contributed by atoms with E-state index in [1.54, 1.807) is 7.11 Å². The number of aromatic nitrogens is 1. The van der Waals surface area contributed by atoms with Gasteiger partial charge in [-0.1, -0.05) is 6.92 Å². The lowest BCUT2D eigenvalue weighted by molar-refractivity contribution is 0.237. The SMILES string of the molecule is CCN(CCc1c[nH]c2c(C)cc(OC)cc12)C(C)C.Cl. The van der Waals surface area contributed by atoms with Gasteiger partial charge in [0.25, 0.3) is 0 Å². The Hall–Kier alpha value is -1.19. The number of aromatic amines is 1. The lowest BCUT2D eigenvalue weighted by Crippen LogP contribution is -2.32. The molecule has 1 aromatic heterocycles. The van der Waals surface area contributed by atoms with Crippen LogP contribution in [0.1, 0.15) is 31.9 Å². The number of likely N-dealkylation sites (N-methyl/N-ethyl adjacent to an activating group) is 1. The van der Waals surface area contributed by atoms with E-state index in [1.165, 1.54) is 22.0 Å². The molecule has 0 saturated heterocycles. The molecule has 0 saturated carbocycles. The van der Waals surface area contributed by atoms with E-state index in [0.29, 0.717) is 6.04 Å². The normalized spacial score (nSPS) is 11.2. The molecule has 0 unspecified atom stereocenters. The number of rotatable bonds is 6. The molecule has 1 aromatic carbocycles. The molecule has 1 heterocycles. The molecule has 0 radical (unpaired) electrons. The molecule has 0 aliphatic rings. The maximum absolute atomic E-state index is 5.39. The number of nitrogens with one attached hydrogen (secondary N) is 1. The van der Waals surface area contributed by atoms with Gasteiger partial charge in [0.1, 0.15) is 5.75 Å². The van der Waals surface area contributed by atoms with Crippen LogP contribution >= 0.6 is 12.4 Å². The zero-order valence-corrected chi connectivity index (χ0v) is 14.5. The molecule has 0 amide bonds. The van der Waals surface area contributed by atoms with E-state index in [9.17, 15) is 0 Å². The summed E-state index contributed by atoms with van der Waals surface area (Å²) in [4.78, 5) is 5.90. The van der Waals surface area contributed by atoms with Crippen LogP contribution in [-0.2, 0) is 6.42 Å². The summed E-state index contributed by atoms with van der Waals surface area (Å²) in [5.41, 5.74) is 3.84. The molecule has 0 atom stereocenters. The Kier molecular flexibility index (Phi) is 6.56. The quantitative estimate of drug-likeness (QED) is 0.867. The molecule has 4 heteroatoms. The zero-order chi connectivity index (χ0) is 14.7. The molecule has 0 fully saturated rings. The van der Waals surface area contributed by atoms with Gasteiger partial charge in [-0.05, 0) is 57.0 Å². The van der Waals surface area contributed by atoms with Crippen LogP contribution in [0.2, 0.25) is 0 Å². The van der Waals surface area contributed by atoms with Crippen molar-refractivity contribution in [3.8, 4) is 5.75 Å². The topological polar surface area (TPSA) is 28.3 Å². The molecule has 0 bridgehead atoms. The van der Waals surface area contributed by atoms with E-state index >= 15 is 0 Å². The highest BCUT2D eigenvalue weighted by molar-refractivity contribution is 5.87. The van der Waals surface area contributed by atoms with E-state index in [4.69, 9.17) is 4.74 Å². The number of hydrogen-bond acceptors (Lipinski definition) is 2. The predicted molar refractivity (Wildman–Crippen MR) is 92.9 cm³/mol. The zero-order valence-electron chi connectivity index (χ0n) is 13.7. The van der Waals surface area contributed by atoms with E-state index in [1.807, 2.05) is 0 Å². The van der Waals surface area contributed by atoms with Crippen LogP contribution < -0.4 is 4.74 Å². The monoisotopic (exact) mass is 310 g/mol. The van der Waals surface area contributed by atoms with Crippen LogP contribution in [0.3, 0.4) is 0 Å². The number of aryl methyl sites for hydroxylation is 1. The molecular formula is C17H27ClN2O. The number of methoxy groups -OCH3 is 1. The minimum absolute atomic E-state index is 0. The van der Waals surface area contributed by atoms with Crippen LogP contribution in [0.5, 0.6) is 5.75 Å².